The van der Waals surface area contributed by atoms with Crippen LogP contribution >= 0.6 is 11.3 Å². The number of morpholine rings is 1. The van der Waals surface area contributed by atoms with Crippen molar-refractivity contribution in [2.24, 2.45) is 0 Å². The lowest BCUT2D eigenvalue weighted by Gasteiger charge is -2.32. The van der Waals surface area contributed by atoms with E-state index in [0.29, 0.717) is 12.6 Å². The second-order valence-electron chi connectivity index (χ2n) is 5.83. The Morgan fingerprint density at radius 1 is 1.25 bits per heavy atom. The lowest BCUT2D eigenvalue weighted by atomic mass is 10.1. The quantitative estimate of drug-likeness (QED) is 0.872. The van der Waals surface area contributed by atoms with Crippen molar-refractivity contribution in [3.63, 3.8) is 0 Å². The molecule has 128 valence electrons. The molecular weight excluding hydrogens is 322 g/mol. The van der Waals surface area contributed by atoms with Gasteiger partial charge in [0, 0.05) is 29.7 Å². The highest BCUT2D eigenvalue weighted by Crippen LogP contribution is 2.22. The van der Waals surface area contributed by atoms with Crippen LogP contribution in [0.2, 0.25) is 0 Å². The van der Waals surface area contributed by atoms with Crippen molar-refractivity contribution >= 4 is 23.1 Å². The molecule has 1 aromatic heterocycles. The van der Waals surface area contributed by atoms with Gasteiger partial charge in [0.15, 0.2) is 0 Å². The Bertz CT molecular complexity index is 637. The molecule has 0 radical (unpaired) electrons. The molecule has 5 nitrogen and oxygen atoms in total. The van der Waals surface area contributed by atoms with Gasteiger partial charge in [0.05, 0.1) is 19.8 Å². The van der Waals surface area contributed by atoms with Crippen LogP contribution in [0, 0.1) is 0 Å². The van der Waals surface area contributed by atoms with E-state index in [0.717, 1.165) is 36.9 Å². The maximum Gasteiger partial charge on any atom is 0.319 e. The first-order valence-corrected chi connectivity index (χ1v) is 9.09. The van der Waals surface area contributed by atoms with Crippen molar-refractivity contribution < 1.29 is 9.53 Å². The lowest BCUT2D eigenvalue weighted by Crippen LogP contribution is -2.38. The van der Waals surface area contributed by atoms with E-state index in [1.54, 1.807) is 11.3 Å². The normalized spacial score (nSPS) is 16.5. The van der Waals surface area contributed by atoms with Crippen molar-refractivity contribution in [3.05, 3.63) is 52.2 Å². The summed E-state index contributed by atoms with van der Waals surface area (Å²) in [6.45, 7) is 6.29. The summed E-state index contributed by atoms with van der Waals surface area (Å²) in [4.78, 5) is 15.5. The zero-order chi connectivity index (χ0) is 16.8. The Balaban J connectivity index is 1.51. The maximum absolute atomic E-state index is 11.9. The minimum atomic E-state index is -0.183. The first-order valence-electron chi connectivity index (χ1n) is 8.21. The molecule has 2 heterocycles. The van der Waals surface area contributed by atoms with Crippen molar-refractivity contribution in [1.29, 1.82) is 0 Å². The van der Waals surface area contributed by atoms with E-state index >= 15 is 0 Å². The number of nitrogens with one attached hydrogen (secondary N) is 2. The summed E-state index contributed by atoms with van der Waals surface area (Å²) in [7, 11) is 0. The summed E-state index contributed by atoms with van der Waals surface area (Å²) in [5.74, 6) is 0. The molecule has 3 rings (SSSR count). The van der Waals surface area contributed by atoms with Gasteiger partial charge in [-0.2, -0.15) is 0 Å². The zero-order valence-electron chi connectivity index (χ0n) is 13.8. The molecular formula is C18H23N3O2S. The number of hydrogen-bond acceptors (Lipinski definition) is 4. The second-order valence-corrected chi connectivity index (χ2v) is 6.87. The third kappa shape index (κ3) is 4.56. The van der Waals surface area contributed by atoms with Crippen LogP contribution in [0.25, 0.3) is 0 Å². The fraction of sp³-hybridized carbons (Fsp3) is 0.389. The number of urea groups is 1. The van der Waals surface area contributed by atoms with Gasteiger partial charge in [0.25, 0.3) is 0 Å². The molecule has 6 heteroatoms. The van der Waals surface area contributed by atoms with Gasteiger partial charge in [-0.05, 0) is 36.1 Å². The number of anilines is 1. The van der Waals surface area contributed by atoms with Gasteiger partial charge >= 0.3 is 6.03 Å². The van der Waals surface area contributed by atoms with Crippen LogP contribution in [0.3, 0.4) is 0 Å². The molecule has 1 atom stereocenters. The van der Waals surface area contributed by atoms with E-state index in [2.05, 4.69) is 34.6 Å². The van der Waals surface area contributed by atoms with Gasteiger partial charge in [-0.25, -0.2) is 4.79 Å². The van der Waals surface area contributed by atoms with Crippen molar-refractivity contribution in [2.45, 2.75) is 19.5 Å². The summed E-state index contributed by atoms with van der Waals surface area (Å²) in [5, 5.41) is 7.74. The molecule has 1 fully saturated rings. The van der Waals surface area contributed by atoms with E-state index in [4.69, 9.17) is 4.74 Å². The average Bonchev–Trinajstić information content (AvgIpc) is 3.14. The molecule has 1 unspecified atom stereocenters. The third-order valence-electron chi connectivity index (χ3n) is 4.25. The van der Waals surface area contributed by atoms with Gasteiger partial charge in [0.1, 0.15) is 0 Å². The molecule has 0 spiro atoms. The number of carbonyl (C=O) groups is 1. The predicted molar refractivity (Wildman–Crippen MR) is 97.4 cm³/mol. The van der Waals surface area contributed by atoms with Crippen LogP contribution in [0.5, 0.6) is 0 Å². The Morgan fingerprint density at radius 3 is 2.67 bits per heavy atom. The monoisotopic (exact) mass is 345 g/mol. The van der Waals surface area contributed by atoms with Gasteiger partial charge in [0.2, 0.25) is 0 Å². The van der Waals surface area contributed by atoms with Crippen LogP contribution in [0.15, 0.2) is 41.8 Å². The summed E-state index contributed by atoms with van der Waals surface area (Å²) in [6.07, 6.45) is 0. The molecule has 0 bridgehead atoms. The van der Waals surface area contributed by atoms with Crippen LogP contribution in [0.1, 0.15) is 23.4 Å². The minimum absolute atomic E-state index is 0.183. The highest BCUT2D eigenvalue weighted by atomic mass is 32.1. The maximum atomic E-state index is 11.9. The number of amides is 2. The SMILES string of the molecule is CC(c1ccc(NC(=O)NCc2cccs2)cc1)N1CCOCC1. The topological polar surface area (TPSA) is 53.6 Å². The molecule has 1 aliphatic rings. The van der Waals surface area contributed by atoms with Crippen LogP contribution in [-0.2, 0) is 11.3 Å². The largest absolute Gasteiger partial charge is 0.379 e. The van der Waals surface area contributed by atoms with Crippen LogP contribution in [0.4, 0.5) is 10.5 Å². The first-order chi connectivity index (χ1) is 11.7. The van der Waals surface area contributed by atoms with E-state index in [-0.39, 0.29) is 6.03 Å². The van der Waals surface area contributed by atoms with Crippen molar-refractivity contribution in [3.8, 4) is 0 Å². The smallest absolute Gasteiger partial charge is 0.319 e. The number of rotatable bonds is 5. The number of thiophene rings is 1. The average molecular weight is 345 g/mol. The van der Waals surface area contributed by atoms with E-state index in [1.165, 1.54) is 5.56 Å². The Morgan fingerprint density at radius 2 is 2.00 bits per heavy atom. The summed E-state index contributed by atoms with van der Waals surface area (Å²) in [5.41, 5.74) is 2.05. The first kappa shape index (κ1) is 17.0. The number of carbonyl (C=O) groups excluding carboxylic acids is 1. The van der Waals surface area contributed by atoms with E-state index in [9.17, 15) is 4.79 Å². The fourth-order valence-electron chi connectivity index (χ4n) is 2.78. The lowest BCUT2D eigenvalue weighted by molar-refractivity contribution is 0.0198. The zero-order valence-corrected chi connectivity index (χ0v) is 14.6. The van der Waals surface area contributed by atoms with Gasteiger partial charge in [-0.1, -0.05) is 18.2 Å². The molecule has 2 amide bonds. The highest BCUT2D eigenvalue weighted by molar-refractivity contribution is 7.09. The molecule has 24 heavy (non-hydrogen) atoms. The summed E-state index contributed by atoms with van der Waals surface area (Å²) in [6, 6.07) is 12.2. The predicted octanol–water partition coefficient (Wildman–Crippen LogP) is 3.46. The number of nitrogens with zero attached hydrogens (tertiary/aromatic N) is 1. The van der Waals surface area contributed by atoms with Crippen LogP contribution in [-0.4, -0.2) is 37.2 Å². The standard InChI is InChI=1S/C18H23N3O2S/c1-14(21-8-10-23-11-9-21)15-4-6-16(7-5-15)20-18(22)19-13-17-3-2-12-24-17/h2-7,12,14H,8-11,13H2,1H3,(H2,19,20,22). The summed E-state index contributed by atoms with van der Waals surface area (Å²) >= 11 is 1.63. The highest BCUT2D eigenvalue weighted by Gasteiger charge is 2.18. The van der Waals surface area contributed by atoms with Gasteiger partial charge < -0.3 is 15.4 Å². The number of ether oxygens (including phenoxy) is 1. The minimum Gasteiger partial charge on any atom is -0.379 e. The molecule has 0 saturated carbocycles. The second kappa shape index (κ2) is 8.28. The molecule has 2 aromatic rings. The summed E-state index contributed by atoms with van der Waals surface area (Å²) < 4.78 is 5.40. The molecule has 1 saturated heterocycles. The Labute approximate surface area is 146 Å². The van der Waals surface area contributed by atoms with Crippen LogP contribution < -0.4 is 10.6 Å². The number of hydrogen-bond donors (Lipinski definition) is 2. The van der Waals surface area contributed by atoms with E-state index in [1.807, 2.05) is 29.6 Å². The van der Waals surface area contributed by atoms with E-state index < -0.39 is 0 Å². The molecule has 1 aromatic carbocycles. The molecule has 0 aliphatic carbocycles. The van der Waals surface area contributed by atoms with Gasteiger partial charge in [-0.15, -0.1) is 11.3 Å². The molecule has 2 N–H and O–H groups in total. The molecule has 1 aliphatic heterocycles. The third-order valence-corrected chi connectivity index (χ3v) is 5.12. The Kier molecular flexibility index (Phi) is 5.85. The number of benzene rings is 1. The van der Waals surface area contributed by atoms with Gasteiger partial charge in [-0.3, -0.25) is 4.90 Å². The van der Waals surface area contributed by atoms with Crippen molar-refractivity contribution in [1.82, 2.24) is 10.2 Å². The Hall–Kier alpha value is -1.89. The fourth-order valence-corrected chi connectivity index (χ4v) is 3.42. The van der Waals surface area contributed by atoms with Crippen molar-refractivity contribution in [2.75, 3.05) is 31.6 Å².